The van der Waals surface area contributed by atoms with E-state index in [1.165, 1.54) is 36.9 Å². The van der Waals surface area contributed by atoms with Crippen LogP contribution in [-0.2, 0) is 6.54 Å². The molecule has 2 atom stereocenters. The van der Waals surface area contributed by atoms with E-state index in [1.807, 2.05) is 0 Å². The Morgan fingerprint density at radius 2 is 2.15 bits per heavy atom. The van der Waals surface area contributed by atoms with Crippen molar-refractivity contribution in [2.24, 2.45) is 5.92 Å². The average Bonchev–Trinajstić information content (AvgIpc) is 2.70. The van der Waals surface area contributed by atoms with E-state index in [0.29, 0.717) is 5.54 Å². The van der Waals surface area contributed by atoms with Gasteiger partial charge in [-0.15, -0.1) is 0 Å². The number of nitrogens with one attached hydrogen (secondary N) is 2. The van der Waals surface area contributed by atoms with Crippen LogP contribution >= 0.6 is 0 Å². The van der Waals surface area contributed by atoms with Gasteiger partial charge in [-0.3, -0.25) is 5.10 Å². The predicted molar refractivity (Wildman–Crippen MR) is 83.8 cm³/mol. The van der Waals surface area contributed by atoms with Gasteiger partial charge in [0.05, 0.1) is 5.69 Å². The standard InChI is InChI=1S/C16H30N4/c1-12-7-6-8-16(9-12,20(4)5)11-17-10-15-13(2)18-19-14(15)3/h12,17H,6-11H2,1-5H3,(H,18,19). The quantitative estimate of drug-likeness (QED) is 0.870. The number of likely N-dealkylation sites (N-methyl/N-ethyl adjacent to an activating group) is 1. The van der Waals surface area contributed by atoms with Crippen LogP contribution in [0, 0.1) is 19.8 Å². The van der Waals surface area contributed by atoms with Gasteiger partial charge in [0, 0.05) is 29.9 Å². The highest BCUT2D eigenvalue weighted by molar-refractivity contribution is 5.22. The van der Waals surface area contributed by atoms with Crippen molar-refractivity contribution in [3.8, 4) is 0 Å². The molecule has 1 aliphatic rings. The third kappa shape index (κ3) is 3.23. The van der Waals surface area contributed by atoms with Crippen molar-refractivity contribution in [2.75, 3.05) is 20.6 Å². The molecule has 0 aliphatic heterocycles. The molecule has 2 N–H and O–H groups in total. The van der Waals surface area contributed by atoms with Crippen molar-refractivity contribution < 1.29 is 0 Å². The highest BCUT2D eigenvalue weighted by Crippen LogP contribution is 2.35. The Bertz CT molecular complexity index is 418. The van der Waals surface area contributed by atoms with Gasteiger partial charge in [-0.2, -0.15) is 5.10 Å². The van der Waals surface area contributed by atoms with Crippen molar-refractivity contribution in [1.29, 1.82) is 0 Å². The number of aryl methyl sites for hydroxylation is 2. The molecule has 1 aromatic heterocycles. The lowest BCUT2D eigenvalue weighted by Crippen LogP contribution is -2.54. The van der Waals surface area contributed by atoms with E-state index in [1.54, 1.807) is 0 Å². The second kappa shape index (κ2) is 6.27. The monoisotopic (exact) mass is 278 g/mol. The van der Waals surface area contributed by atoms with Crippen molar-refractivity contribution in [2.45, 2.75) is 58.5 Å². The lowest BCUT2D eigenvalue weighted by molar-refractivity contribution is 0.0749. The SMILES string of the molecule is Cc1n[nH]c(C)c1CNCC1(N(C)C)CCCC(C)C1. The largest absolute Gasteiger partial charge is 0.311 e. The average molecular weight is 278 g/mol. The fourth-order valence-electron chi connectivity index (χ4n) is 3.61. The van der Waals surface area contributed by atoms with Crippen LogP contribution in [0.15, 0.2) is 0 Å². The van der Waals surface area contributed by atoms with Crippen LogP contribution in [0.2, 0.25) is 0 Å². The normalized spacial score (nSPS) is 27.2. The summed E-state index contributed by atoms with van der Waals surface area (Å²) in [7, 11) is 4.46. The van der Waals surface area contributed by atoms with Crippen molar-refractivity contribution in [3.05, 3.63) is 17.0 Å². The van der Waals surface area contributed by atoms with Crippen molar-refractivity contribution >= 4 is 0 Å². The fraction of sp³-hybridized carbons (Fsp3) is 0.812. The van der Waals surface area contributed by atoms with Crippen LogP contribution in [0.1, 0.15) is 49.6 Å². The molecule has 2 rings (SSSR count). The summed E-state index contributed by atoms with van der Waals surface area (Å²) in [5.74, 6) is 0.838. The van der Waals surface area contributed by atoms with Gasteiger partial charge in [0.25, 0.3) is 0 Å². The Balaban J connectivity index is 1.96. The molecule has 1 aromatic rings. The molecule has 2 unspecified atom stereocenters. The zero-order valence-electron chi connectivity index (χ0n) is 13.7. The lowest BCUT2D eigenvalue weighted by Gasteiger charge is -2.45. The summed E-state index contributed by atoms with van der Waals surface area (Å²) in [6.45, 7) is 8.54. The topological polar surface area (TPSA) is 44.0 Å². The zero-order chi connectivity index (χ0) is 14.8. The first-order chi connectivity index (χ1) is 9.44. The van der Waals surface area contributed by atoms with E-state index in [-0.39, 0.29) is 0 Å². The molecule has 1 fully saturated rings. The maximum Gasteiger partial charge on any atom is 0.0638 e. The molecule has 4 heteroatoms. The molecule has 1 heterocycles. The number of hydrogen-bond acceptors (Lipinski definition) is 3. The van der Waals surface area contributed by atoms with Gasteiger partial charge in [0.1, 0.15) is 0 Å². The van der Waals surface area contributed by atoms with Gasteiger partial charge in [-0.25, -0.2) is 0 Å². The number of hydrogen-bond donors (Lipinski definition) is 2. The van der Waals surface area contributed by atoms with Crippen LogP contribution in [-0.4, -0.2) is 41.3 Å². The Morgan fingerprint density at radius 1 is 1.40 bits per heavy atom. The number of aromatic amines is 1. The smallest absolute Gasteiger partial charge is 0.0638 e. The Kier molecular flexibility index (Phi) is 4.86. The van der Waals surface area contributed by atoms with E-state index in [2.05, 4.69) is 55.3 Å². The van der Waals surface area contributed by atoms with E-state index < -0.39 is 0 Å². The van der Waals surface area contributed by atoms with E-state index in [4.69, 9.17) is 0 Å². The van der Waals surface area contributed by atoms with Crippen LogP contribution in [0.5, 0.6) is 0 Å². The maximum atomic E-state index is 4.27. The number of nitrogens with zero attached hydrogens (tertiary/aromatic N) is 2. The summed E-state index contributed by atoms with van der Waals surface area (Å²) >= 11 is 0. The predicted octanol–water partition coefficient (Wildman–Crippen LogP) is 2.63. The molecule has 0 spiro atoms. The molecule has 0 bridgehead atoms. The summed E-state index contributed by atoms with van der Waals surface area (Å²) in [6.07, 6.45) is 5.34. The van der Waals surface area contributed by atoms with Crippen LogP contribution < -0.4 is 5.32 Å². The Labute approximate surface area is 123 Å². The van der Waals surface area contributed by atoms with Gasteiger partial charge in [-0.1, -0.05) is 19.8 Å². The molecule has 0 amide bonds. The van der Waals surface area contributed by atoms with Gasteiger partial charge < -0.3 is 10.2 Å². The summed E-state index contributed by atoms with van der Waals surface area (Å²) in [4.78, 5) is 2.44. The van der Waals surface area contributed by atoms with Crippen molar-refractivity contribution in [1.82, 2.24) is 20.4 Å². The Morgan fingerprint density at radius 3 is 2.70 bits per heavy atom. The van der Waals surface area contributed by atoms with E-state index in [9.17, 15) is 0 Å². The maximum absolute atomic E-state index is 4.27. The highest BCUT2D eigenvalue weighted by Gasteiger charge is 2.36. The number of rotatable bonds is 5. The van der Waals surface area contributed by atoms with E-state index >= 15 is 0 Å². The summed E-state index contributed by atoms with van der Waals surface area (Å²) in [6, 6.07) is 0. The van der Waals surface area contributed by atoms with Crippen LogP contribution in [0.25, 0.3) is 0 Å². The molecule has 0 radical (unpaired) electrons. The molecular formula is C16H30N4. The van der Waals surface area contributed by atoms with Gasteiger partial charge >= 0.3 is 0 Å². The molecule has 20 heavy (non-hydrogen) atoms. The van der Waals surface area contributed by atoms with Crippen LogP contribution in [0.3, 0.4) is 0 Å². The minimum absolute atomic E-state index is 0.323. The third-order valence-electron chi connectivity index (χ3n) is 5.05. The molecule has 1 aliphatic carbocycles. The molecule has 114 valence electrons. The molecule has 0 saturated heterocycles. The number of H-pyrrole nitrogens is 1. The zero-order valence-corrected chi connectivity index (χ0v) is 13.7. The summed E-state index contributed by atoms with van der Waals surface area (Å²) in [5.41, 5.74) is 3.95. The second-order valence-corrected chi connectivity index (χ2v) is 6.84. The first kappa shape index (κ1) is 15.5. The Hall–Kier alpha value is -0.870. The first-order valence-electron chi connectivity index (χ1n) is 7.83. The minimum atomic E-state index is 0.323. The van der Waals surface area contributed by atoms with Crippen LogP contribution in [0.4, 0.5) is 0 Å². The molecule has 4 nitrogen and oxygen atoms in total. The van der Waals surface area contributed by atoms with Crippen molar-refractivity contribution in [3.63, 3.8) is 0 Å². The lowest BCUT2D eigenvalue weighted by atomic mass is 9.75. The second-order valence-electron chi connectivity index (χ2n) is 6.84. The fourth-order valence-corrected chi connectivity index (χ4v) is 3.61. The summed E-state index contributed by atoms with van der Waals surface area (Å²) < 4.78 is 0. The summed E-state index contributed by atoms with van der Waals surface area (Å²) in [5, 5.41) is 11.0. The number of aromatic nitrogens is 2. The third-order valence-corrected chi connectivity index (χ3v) is 5.05. The van der Waals surface area contributed by atoms with E-state index in [0.717, 1.165) is 24.7 Å². The van der Waals surface area contributed by atoms with Gasteiger partial charge in [-0.05, 0) is 46.7 Å². The minimum Gasteiger partial charge on any atom is -0.311 e. The highest BCUT2D eigenvalue weighted by atomic mass is 15.2. The van der Waals surface area contributed by atoms with Gasteiger partial charge in [0.15, 0.2) is 0 Å². The molecule has 0 aromatic carbocycles. The first-order valence-corrected chi connectivity index (χ1v) is 7.83. The molecule has 1 saturated carbocycles. The molecular weight excluding hydrogens is 248 g/mol. The van der Waals surface area contributed by atoms with Gasteiger partial charge in [0.2, 0.25) is 0 Å².